The Labute approximate surface area is 213 Å². The smallest absolute Gasteiger partial charge is 0.272 e. The molecular weight excluding hydrogens is 460 g/mol. The Bertz CT molecular complexity index is 988. The number of aliphatic hydroxyl groups is 1. The van der Waals surface area contributed by atoms with E-state index in [0.29, 0.717) is 50.6 Å². The summed E-state index contributed by atoms with van der Waals surface area (Å²) in [6.45, 7) is 12.4. The van der Waals surface area contributed by atoms with E-state index in [2.05, 4.69) is 36.5 Å². The molecule has 36 heavy (non-hydrogen) atoms. The number of carbonyl (C=O) groups excluding carboxylic acids is 2. The molecule has 0 spiro atoms. The third-order valence-corrected chi connectivity index (χ3v) is 7.23. The molecule has 9 nitrogen and oxygen atoms in total. The van der Waals surface area contributed by atoms with Crippen molar-refractivity contribution in [2.75, 3.05) is 33.0 Å². The van der Waals surface area contributed by atoms with Crippen molar-refractivity contribution >= 4 is 23.2 Å². The zero-order chi connectivity index (χ0) is 26.2. The topological polar surface area (TPSA) is 115 Å². The molecule has 2 aliphatic heterocycles. The van der Waals surface area contributed by atoms with Gasteiger partial charge in [0.15, 0.2) is 5.69 Å². The molecule has 1 aromatic carbocycles. The average molecular weight is 503 g/mol. The second-order valence-corrected chi connectivity index (χ2v) is 11.0. The molecule has 1 aromatic heterocycles. The number of para-hydroxylation sites is 1. The molecule has 0 bridgehead atoms. The van der Waals surface area contributed by atoms with Gasteiger partial charge in [-0.25, -0.2) is 0 Å². The van der Waals surface area contributed by atoms with Crippen LogP contribution in [0.4, 0.5) is 0 Å². The Morgan fingerprint density at radius 1 is 1.19 bits per heavy atom. The first-order valence-electron chi connectivity index (χ1n) is 12.9. The summed E-state index contributed by atoms with van der Waals surface area (Å²) in [5.41, 5.74) is 0.830. The molecule has 0 aliphatic carbocycles. The highest BCUT2D eigenvalue weighted by Gasteiger charge is 2.29. The first kappa shape index (κ1) is 28.1. The molecule has 0 radical (unpaired) electrons. The van der Waals surface area contributed by atoms with Gasteiger partial charge in [0.1, 0.15) is 0 Å². The normalized spacial score (nSPS) is 19.1. The van der Waals surface area contributed by atoms with Crippen molar-refractivity contribution < 1.29 is 24.2 Å². The molecule has 0 saturated carbocycles. The molecule has 1 unspecified atom stereocenters. The predicted octanol–water partition coefficient (Wildman–Crippen LogP) is 2.90. The molecule has 9 heteroatoms. The van der Waals surface area contributed by atoms with Crippen molar-refractivity contribution in [3.63, 3.8) is 0 Å². The number of fused-ring (bicyclic) bond motifs is 1. The second kappa shape index (κ2) is 12.7. The van der Waals surface area contributed by atoms with Crippen LogP contribution in [0.15, 0.2) is 24.3 Å². The van der Waals surface area contributed by atoms with Gasteiger partial charge in [-0.3, -0.25) is 14.3 Å². The summed E-state index contributed by atoms with van der Waals surface area (Å²) >= 11 is 0. The summed E-state index contributed by atoms with van der Waals surface area (Å²) < 4.78 is 12.5. The van der Waals surface area contributed by atoms with E-state index in [1.54, 1.807) is 0 Å². The van der Waals surface area contributed by atoms with Crippen LogP contribution >= 0.6 is 0 Å². The van der Waals surface area contributed by atoms with Crippen molar-refractivity contribution in [2.24, 2.45) is 11.3 Å². The van der Waals surface area contributed by atoms with E-state index in [0.717, 1.165) is 43.5 Å². The van der Waals surface area contributed by atoms with Gasteiger partial charge >= 0.3 is 0 Å². The SMILES string of the molecule is CC(NC(=O)c1nn(CC2CCOCC2)c2ccccc12)C(C)(C)C.O=CNCC1(O)CCOCC1. The fourth-order valence-electron chi connectivity index (χ4n) is 4.25. The molecule has 2 aromatic rings. The first-order chi connectivity index (χ1) is 17.1. The Kier molecular flexibility index (Phi) is 9.87. The van der Waals surface area contributed by atoms with Gasteiger partial charge in [-0.15, -0.1) is 0 Å². The largest absolute Gasteiger partial charge is 0.388 e. The molecule has 3 heterocycles. The highest BCUT2D eigenvalue weighted by atomic mass is 16.5. The maximum absolute atomic E-state index is 12.8. The van der Waals surface area contributed by atoms with Crippen LogP contribution in [0, 0.1) is 11.3 Å². The van der Waals surface area contributed by atoms with Crippen LogP contribution in [0.25, 0.3) is 10.9 Å². The van der Waals surface area contributed by atoms with Crippen molar-refractivity contribution in [3.8, 4) is 0 Å². The zero-order valence-corrected chi connectivity index (χ0v) is 22.1. The summed E-state index contributed by atoms with van der Waals surface area (Å²) in [4.78, 5) is 22.8. The minimum absolute atomic E-state index is 0.0100. The molecule has 3 N–H and O–H groups in total. The van der Waals surface area contributed by atoms with Crippen molar-refractivity contribution in [1.29, 1.82) is 0 Å². The van der Waals surface area contributed by atoms with Crippen LogP contribution in [0.2, 0.25) is 0 Å². The van der Waals surface area contributed by atoms with E-state index in [4.69, 9.17) is 9.47 Å². The van der Waals surface area contributed by atoms with Crippen LogP contribution < -0.4 is 10.6 Å². The van der Waals surface area contributed by atoms with Gasteiger partial charge < -0.3 is 25.2 Å². The maximum atomic E-state index is 12.8. The monoisotopic (exact) mass is 502 g/mol. The maximum Gasteiger partial charge on any atom is 0.272 e. The lowest BCUT2D eigenvalue weighted by Gasteiger charge is -2.31. The summed E-state index contributed by atoms with van der Waals surface area (Å²) in [5.74, 6) is 0.464. The number of amides is 2. The number of carbonyl (C=O) groups is 2. The third kappa shape index (κ3) is 7.75. The van der Waals surface area contributed by atoms with Crippen LogP contribution in [-0.2, 0) is 20.8 Å². The van der Waals surface area contributed by atoms with Crippen LogP contribution in [0.1, 0.15) is 63.9 Å². The number of benzene rings is 1. The van der Waals surface area contributed by atoms with Gasteiger partial charge in [0.25, 0.3) is 5.91 Å². The van der Waals surface area contributed by atoms with Crippen molar-refractivity contribution in [3.05, 3.63) is 30.0 Å². The Balaban J connectivity index is 0.000000275. The number of rotatable bonds is 7. The summed E-state index contributed by atoms with van der Waals surface area (Å²) in [6, 6.07) is 8.07. The molecule has 2 amide bonds. The zero-order valence-electron chi connectivity index (χ0n) is 22.1. The number of nitrogens with one attached hydrogen (secondary N) is 2. The standard InChI is InChI=1S/C20H29N3O2.C7H13NO3/c1-14(20(2,3)4)21-19(24)18-16-7-5-6-8-17(16)23(22-18)13-15-9-11-25-12-10-15;9-6-8-5-7(10)1-3-11-4-2-7/h5-8,14-15H,9-13H2,1-4H3,(H,21,24);6,10H,1-5H2,(H,8,9). The highest BCUT2D eigenvalue weighted by Crippen LogP contribution is 2.24. The highest BCUT2D eigenvalue weighted by molar-refractivity contribution is 6.05. The van der Waals surface area contributed by atoms with Gasteiger partial charge in [-0.2, -0.15) is 5.10 Å². The number of nitrogens with zero attached hydrogens (tertiary/aromatic N) is 2. The average Bonchev–Trinajstić information content (AvgIpc) is 3.22. The van der Waals surface area contributed by atoms with Crippen LogP contribution in [0.3, 0.4) is 0 Å². The summed E-state index contributed by atoms with van der Waals surface area (Å²) in [7, 11) is 0. The van der Waals surface area contributed by atoms with E-state index >= 15 is 0 Å². The second-order valence-electron chi connectivity index (χ2n) is 11.0. The lowest BCUT2D eigenvalue weighted by Crippen LogP contribution is -2.44. The fourth-order valence-corrected chi connectivity index (χ4v) is 4.25. The number of hydrogen-bond acceptors (Lipinski definition) is 6. The third-order valence-electron chi connectivity index (χ3n) is 7.23. The lowest BCUT2D eigenvalue weighted by molar-refractivity contribution is -0.112. The van der Waals surface area contributed by atoms with E-state index < -0.39 is 5.60 Å². The minimum Gasteiger partial charge on any atom is -0.388 e. The van der Waals surface area contributed by atoms with Crippen molar-refractivity contribution in [1.82, 2.24) is 20.4 Å². The Morgan fingerprint density at radius 3 is 2.47 bits per heavy atom. The Morgan fingerprint density at radius 2 is 1.83 bits per heavy atom. The Hall–Kier alpha value is -2.49. The van der Waals surface area contributed by atoms with Crippen LogP contribution in [0.5, 0.6) is 0 Å². The number of ether oxygens (including phenoxy) is 2. The van der Waals surface area contributed by atoms with Gasteiger partial charge in [-0.1, -0.05) is 39.0 Å². The number of aromatic nitrogens is 2. The van der Waals surface area contributed by atoms with E-state index in [-0.39, 0.29) is 17.4 Å². The molecule has 2 saturated heterocycles. The number of hydrogen-bond donors (Lipinski definition) is 3. The van der Waals surface area contributed by atoms with Gasteiger partial charge in [0.2, 0.25) is 6.41 Å². The molecule has 4 rings (SSSR count). The molecule has 200 valence electrons. The molecule has 1 atom stereocenters. The minimum atomic E-state index is -0.737. The van der Waals surface area contributed by atoms with Gasteiger partial charge in [-0.05, 0) is 37.2 Å². The first-order valence-corrected chi connectivity index (χ1v) is 12.9. The molecular formula is C27H42N4O5. The quantitative estimate of drug-likeness (QED) is 0.502. The summed E-state index contributed by atoms with van der Waals surface area (Å²) in [5, 5.41) is 20.9. The van der Waals surface area contributed by atoms with E-state index in [1.807, 2.05) is 35.9 Å². The van der Waals surface area contributed by atoms with Gasteiger partial charge in [0.05, 0.1) is 11.1 Å². The molecule has 2 aliphatic rings. The van der Waals surface area contributed by atoms with E-state index in [9.17, 15) is 14.7 Å². The summed E-state index contributed by atoms with van der Waals surface area (Å²) in [6.07, 6.45) is 3.92. The molecule has 2 fully saturated rings. The van der Waals surface area contributed by atoms with E-state index in [1.165, 1.54) is 0 Å². The van der Waals surface area contributed by atoms with Crippen LogP contribution in [-0.4, -0.2) is 71.8 Å². The fraction of sp³-hybridized carbons (Fsp3) is 0.667. The predicted molar refractivity (Wildman–Crippen MR) is 139 cm³/mol. The van der Waals surface area contributed by atoms with Crippen molar-refractivity contribution in [2.45, 2.75) is 71.6 Å². The van der Waals surface area contributed by atoms with Gasteiger partial charge in [0, 0.05) is 63.8 Å². The lowest BCUT2D eigenvalue weighted by atomic mass is 9.88.